The van der Waals surface area contributed by atoms with E-state index in [-0.39, 0.29) is 24.2 Å². The summed E-state index contributed by atoms with van der Waals surface area (Å²) in [5, 5.41) is 1.74. The van der Waals surface area contributed by atoms with Crippen LogP contribution in [0.4, 0.5) is 0 Å². The summed E-state index contributed by atoms with van der Waals surface area (Å²) >= 11 is 0. The lowest BCUT2D eigenvalue weighted by Gasteiger charge is -2.06. The number of nitrogens with zero attached hydrogens (tertiary/aromatic N) is 2. The number of fused-ring (bicyclic) bond motifs is 2. The molecule has 8 heteroatoms. The summed E-state index contributed by atoms with van der Waals surface area (Å²) in [5.74, 6) is 8.99. The molecule has 0 aliphatic heterocycles. The third-order valence-electron chi connectivity index (χ3n) is 6.68. The topological polar surface area (TPSA) is 93.2 Å². The molecule has 2 aromatic heterocycles. The molecule has 2 amide bonds. The molecule has 0 aliphatic rings. The first-order valence-electron chi connectivity index (χ1n) is 15.0. The largest absolute Gasteiger partial charge is 0.469 e. The number of hydrogen-bond acceptors (Lipinski definition) is 6. The van der Waals surface area contributed by atoms with Gasteiger partial charge in [0.25, 0.3) is 11.8 Å². The van der Waals surface area contributed by atoms with Crippen LogP contribution in [0.3, 0.4) is 0 Å². The highest BCUT2D eigenvalue weighted by molar-refractivity contribution is 5.98. The average Bonchev–Trinajstić information content (AvgIpc) is 3.67. The lowest BCUT2D eigenvalue weighted by atomic mass is 9.99. The first-order chi connectivity index (χ1) is 21.4. The molecule has 2 heterocycles. The van der Waals surface area contributed by atoms with Crippen LogP contribution in [0.25, 0.3) is 21.9 Å². The van der Waals surface area contributed by atoms with E-state index in [4.69, 9.17) is 15.3 Å². The Morgan fingerprint density at radius 2 is 1.38 bits per heavy atom. The molecule has 4 rings (SSSR count). The fraction of sp³-hybridized carbons (Fsp3) is 0.378. The van der Waals surface area contributed by atoms with Crippen LogP contribution >= 0.6 is 0 Å². The van der Waals surface area contributed by atoms with Crippen LogP contribution in [-0.2, 0) is 16.0 Å². The standard InChI is InChI=1S/C19H21NO4.C16H17NO2.C2H6/c1-5-13-10-14(8-6-7-9-17(21)23-4)18-15(11-13)12-16(24-18)19(22)20(2)3;1-6-11-7-12(10(2)3)8-13-9-14(19-15(11)13)16(18)17(4)5;1-2/h10-12H,5,7,9H2,1-4H3;1,7-10H,2-5H3;1-2H3. The summed E-state index contributed by atoms with van der Waals surface area (Å²) < 4.78 is 15.9. The van der Waals surface area contributed by atoms with Gasteiger partial charge in [-0.2, -0.15) is 0 Å². The minimum Gasteiger partial charge on any atom is -0.469 e. The fourth-order valence-corrected chi connectivity index (χ4v) is 4.20. The van der Waals surface area contributed by atoms with E-state index in [9.17, 15) is 14.4 Å². The van der Waals surface area contributed by atoms with Crippen LogP contribution < -0.4 is 0 Å². The fourth-order valence-electron chi connectivity index (χ4n) is 4.20. The van der Waals surface area contributed by atoms with E-state index in [1.165, 1.54) is 16.9 Å². The Morgan fingerprint density at radius 3 is 1.84 bits per heavy atom. The van der Waals surface area contributed by atoms with E-state index < -0.39 is 0 Å². The van der Waals surface area contributed by atoms with Crippen molar-refractivity contribution in [1.82, 2.24) is 9.80 Å². The van der Waals surface area contributed by atoms with Crippen LogP contribution in [0, 0.1) is 24.2 Å². The van der Waals surface area contributed by atoms with Crippen molar-refractivity contribution in [3.05, 3.63) is 70.2 Å². The van der Waals surface area contributed by atoms with E-state index in [0.717, 1.165) is 33.9 Å². The van der Waals surface area contributed by atoms with Crippen molar-refractivity contribution >= 4 is 39.7 Å². The highest BCUT2D eigenvalue weighted by Crippen LogP contribution is 2.28. The number of amides is 2. The molecule has 0 N–H and O–H groups in total. The van der Waals surface area contributed by atoms with Crippen LogP contribution in [0.5, 0.6) is 0 Å². The summed E-state index contributed by atoms with van der Waals surface area (Å²) in [6, 6.07) is 11.4. The van der Waals surface area contributed by atoms with E-state index >= 15 is 0 Å². The highest BCUT2D eigenvalue weighted by atomic mass is 16.5. The van der Waals surface area contributed by atoms with Crippen LogP contribution in [0.1, 0.15) is 96.7 Å². The molecule has 238 valence electrons. The lowest BCUT2D eigenvalue weighted by Crippen LogP contribution is -2.20. The van der Waals surface area contributed by atoms with Gasteiger partial charge in [-0.25, -0.2) is 0 Å². The van der Waals surface area contributed by atoms with Crippen molar-refractivity contribution in [1.29, 1.82) is 0 Å². The maximum atomic E-state index is 12.1. The van der Waals surface area contributed by atoms with Gasteiger partial charge in [0.05, 0.1) is 24.7 Å². The Bertz CT molecular complexity index is 1750. The summed E-state index contributed by atoms with van der Waals surface area (Å²) in [4.78, 5) is 38.1. The van der Waals surface area contributed by atoms with Gasteiger partial charge < -0.3 is 23.4 Å². The second-order valence-electron chi connectivity index (χ2n) is 10.7. The van der Waals surface area contributed by atoms with Crippen LogP contribution in [-0.4, -0.2) is 62.9 Å². The molecule has 45 heavy (non-hydrogen) atoms. The first-order valence-corrected chi connectivity index (χ1v) is 15.0. The number of rotatable bonds is 6. The molecule has 0 atom stereocenters. The molecule has 0 spiro atoms. The van der Waals surface area contributed by atoms with Gasteiger partial charge in [-0.05, 0) is 59.9 Å². The predicted octanol–water partition coefficient (Wildman–Crippen LogP) is 7.27. The number of carbonyl (C=O) groups excluding carboxylic acids is 3. The van der Waals surface area contributed by atoms with Gasteiger partial charge in [0.2, 0.25) is 0 Å². The molecular formula is C37H44N2O6. The molecule has 0 saturated carbocycles. The number of furan rings is 2. The zero-order chi connectivity index (χ0) is 33.8. The molecule has 0 aliphatic carbocycles. The summed E-state index contributed by atoms with van der Waals surface area (Å²) in [7, 11) is 8.10. The predicted molar refractivity (Wildman–Crippen MR) is 179 cm³/mol. The van der Waals surface area contributed by atoms with Crippen molar-refractivity contribution in [2.75, 3.05) is 35.3 Å². The quantitative estimate of drug-likeness (QED) is 0.168. The highest BCUT2D eigenvalue weighted by Gasteiger charge is 2.18. The van der Waals surface area contributed by atoms with Crippen molar-refractivity contribution in [2.45, 2.75) is 59.8 Å². The van der Waals surface area contributed by atoms with Gasteiger partial charge in [0.15, 0.2) is 22.7 Å². The minimum atomic E-state index is -0.284. The Hall–Kier alpha value is -4.95. The second-order valence-corrected chi connectivity index (χ2v) is 10.7. The molecule has 0 unspecified atom stereocenters. The van der Waals surface area contributed by atoms with Crippen molar-refractivity contribution in [3.63, 3.8) is 0 Å². The van der Waals surface area contributed by atoms with Crippen LogP contribution in [0.2, 0.25) is 0 Å². The monoisotopic (exact) mass is 612 g/mol. The lowest BCUT2D eigenvalue weighted by molar-refractivity contribution is -0.140. The zero-order valence-electron chi connectivity index (χ0n) is 28.1. The van der Waals surface area contributed by atoms with Gasteiger partial charge in [0.1, 0.15) is 0 Å². The Labute approximate surface area is 266 Å². The third kappa shape index (κ3) is 9.27. The summed E-state index contributed by atoms with van der Waals surface area (Å²) in [6.45, 7) is 10.3. The molecule has 0 bridgehead atoms. The number of ether oxygens (including phenoxy) is 1. The van der Waals surface area contributed by atoms with Gasteiger partial charge in [-0.1, -0.05) is 52.4 Å². The molecule has 8 nitrogen and oxygen atoms in total. The van der Waals surface area contributed by atoms with Gasteiger partial charge >= 0.3 is 5.97 Å². The van der Waals surface area contributed by atoms with Gasteiger partial charge in [-0.15, -0.1) is 6.42 Å². The van der Waals surface area contributed by atoms with Crippen LogP contribution in [0.15, 0.2) is 45.2 Å². The number of terminal acetylenes is 1. The maximum absolute atomic E-state index is 12.1. The number of hydrogen-bond donors (Lipinski definition) is 0. The third-order valence-corrected chi connectivity index (χ3v) is 6.68. The summed E-state index contributed by atoms with van der Waals surface area (Å²) in [5.41, 5.74) is 4.89. The molecular weight excluding hydrogens is 568 g/mol. The minimum absolute atomic E-state index is 0.162. The number of aryl methyl sites for hydroxylation is 1. The molecule has 0 saturated heterocycles. The Morgan fingerprint density at radius 1 is 0.844 bits per heavy atom. The molecule has 0 radical (unpaired) electrons. The van der Waals surface area contributed by atoms with Crippen molar-refractivity contribution < 1.29 is 28.0 Å². The van der Waals surface area contributed by atoms with Gasteiger partial charge in [0, 0.05) is 45.4 Å². The Balaban J connectivity index is 0.000000304. The van der Waals surface area contributed by atoms with E-state index in [0.29, 0.717) is 40.6 Å². The van der Waals surface area contributed by atoms with E-state index in [1.54, 1.807) is 40.3 Å². The summed E-state index contributed by atoms with van der Waals surface area (Å²) in [6.07, 6.45) is 7.04. The SMILES string of the molecule is C#Cc1cc(C(C)C)cc2cc(C(=O)N(C)C)oc12.CC.CCc1cc(C#CCCC(=O)OC)c2oc(C(=O)N(C)C)cc2c1. The zero-order valence-corrected chi connectivity index (χ0v) is 28.1. The van der Waals surface area contributed by atoms with Crippen molar-refractivity contribution in [2.24, 2.45) is 0 Å². The number of carbonyl (C=O) groups is 3. The number of esters is 1. The number of benzene rings is 2. The second kappa shape index (κ2) is 16.8. The first kappa shape index (κ1) is 36.2. The molecule has 2 aromatic carbocycles. The normalized spacial score (nSPS) is 10.1. The molecule has 4 aromatic rings. The number of methoxy groups -OCH3 is 1. The maximum Gasteiger partial charge on any atom is 0.306 e. The van der Waals surface area contributed by atoms with E-state index in [1.807, 2.05) is 38.1 Å². The van der Waals surface area contributed by atoms with Gasteiger partial charge in [-0.3, -0.25) is 14.4 Å². The van der Waals surface area contributed by atoms with Crippen molar-refractivity contribution in [3.8, 4) is 24.2 Å². The Kier molecular flexibility index (Phi) is 13.5. The average molecular weight is 613 g/mol. The van der Waals surface area contributed by atoms with E-state index in [2.05, 4.69) is 43.3 Å². The molecule has 0 fully saturated rings. The smallest absolute Gasteiger partial charge is 0.306 e.